The lowest BCUT2D eigenvalue weighted by Gasteiger charge is -2.29. The van der Waals surface area contributed by atoms with Gasteiger partial charge < -0.3 is 10.2 Å². The number of nitrogens with zero attached hydrogens (tertiary/aromatic N) is 1. The van der Waals surface area contributed by atoms with Gasteiger partial charge in [0, 0.05) is 24.3 Å². The lowest BCUT2D eigenvalue weighted by Crippen LogP contribution is -2.34. The topological polar surface area (TPSA) is 15.3 Å². The predicted octanol–water partition coefficient (Wildman–Crippen LogP) is 3.08. The number of halogens is 1. The standard InChI is InChI=1S/C14H21ClN2/c1-11-3-4-13(9-14(11)15)17(2)10-12-5-7-16-8-6-12/h3-4,9,12,16H,5-8,10H2,1-2H3. The molecular weight excluding hydrogens is 232 g/mol. The second-order valence-electron chi connectivity index (χ2n) is 5.01. The number of benzene rings is 1. The van der Waals surface area contributed by atoms with E-state index in [0.29, 0.717) is 0 Å². The highest BCUT2D eigenvalue weighted by Crippen LogP contribution is 2.24. The van der Waals surface area contributed by atoms with Gasteiger partial charge in [-0.2, -0.15) is 0 Å². The van der Waals surface area contributed by atoms with Crippen molar-refractivity contribution in [2.75, 3.05) is 31.6 Å². The Bertz CT molecular complexity index is 372. The van der Waals surface area contributed by atoms with Crippen molar-refractivity contribution in [1.82, 2.24) is 5.32 Å². The Labute approximate surface area is 109 Å². The molecule has 0 unspecified atom stereocenters. The average molecular weight is 253 g/mol. The smallest absolute Gasteiger partial charge is 0.0455 e. The third-order valence-corrected chi connectivity index (χ3v) is 3.99. The molecule has 0 spiro atoms. The molecule has 0 amide bonds. The summed E-state index contributed by atoms with van der Waals surface area (Å²) in [5.41, 5.74) is 2.37. The van der Waals surface area contributed by atoms with Crippen molar-refractivity contribution >= 4 is 17.3 Å². The zero-order valence-corrected chi connectivity index (χ0v) is 11.4. The number of hydrogen-bond acceptors (Lipinski definition) is 2. The van der Waals surface area contributed by atoms with Gasteiger partial charge in [0.15, 0.2) is 0 Å². The van der Waals surface area contributed by atoms with E-state index in [1.54, 1.807) is 0 Å². The van der Waals surface area contributed by atoms with E-state index in [2.05, 4.69) is 35.5 Å². The highest BCUT2D eigenvalue weighted by molar-refractivity contribution is 6.31. The van der Waals surface area contributed by atoms with E-state index in [-0.39, 0.29) is 0 Å². The quantitative estimate of drug-likeness (QED) is 0.890. The minimum absolute atomic E-state index is 0.807. The summed E-state index contributed by atoms with van der Waals surface area (Å²) in [6.07, 6.45) is 2.56. The molecule has 1 aliphatic rings. The average Bonchev–Trinajstić information content (AvgIpc) is 2.34. The van der Waals surface area contributed by atoms with Crippen LogP contribution in [0.3, 0.4) is 0 Å². The zero-order valence-electron chi connectivity index (χ0n) is 10.7. The molecule has 0 aromatic heterocycles. The Morgan fingerprint density at radius 1 is 1.35 bits per heavy atom. The van der Waals surface area contributed by atoms with Gasteiger partial charge in [0.2, 0.25) is 0 Å². The molecule has 0 saturated carbocycles. The molecule has 0 radical (unpaired) electrons. The maximum absolute atomic E-state index is 6.16. The van der Waals surface area contributed by atoms with Crippen LogP contribution in [0.5, 0.6) is 0 Å². The summed E-state index contributed by atoms with van der Waals surface area (Å²) in [6.45, 7) is 5.49. The van der Waals surface area contributed by atoms with Gasteiger partial charge in [-0.15, -0.1) is 0 Å². The maximum Gasteiger partial charge on any atom is 0.0455 e. The fraction of sp³-hybridized carbons (Fsp3) is 0.571. The van der Waals surface area contributed by atoms with Crippen LogP contribution in [-0.4, -0.2) is 26.7 Å². The third kappa shape index (κ3) is 3.36. The van der Waals surface area contributed by atoms with Gasteiger partial charge in [-0.1, -0.05) is 17.7 Å². The molecule has 2 nitrogen and oxygen atoms in total. The number of rotatable bonds is 3. The normalized spacial score (nSPS) is 17.1. The van der Waals surface area contributed by atoms with Crippen molar-refractivity contribution in [1.29, 1.82) is 0 Å². The van der Waals surface area contributed by atoms with Crippen molar-refractivity contribution in [3.63, 3.8) is 0 Å². The van der Waals surface area contributed by atoms with Gasteiger partial charge in [0.05, 0.1) is 0 Å². The first-order chi connectivity index (χ1) is 8.16. The first-order valence-electron chi connectivity index (χ1n) is 6.35. The minimum atomic E-state index is 0.807. The van der Waals surface area contributed by atoms with Crippen LogP contribution in [0, 0.1) is 12.8 Å². The van der Waals surface area contributed by atoms with Gasteiger partial charge in [-0.25, -0.2) is 0 Å². The van der Waals surface area contributed by atoms with E-state index in [4.69, 9.17) is 11.6 Å². The van der Waals surface area contributed by atoms with Gasteiger partial charge in [0.25, 0.3) is 0 Å². The lowest BCUT2D eigenvalue weighted by atomic mass is 9.97. The molecule has 1 aliphatic heterocycles. The molecule has 0 bridgehead atoms. The molecule has 1 aromatic rings. The van der Waals surface area contributed by atoms with Crippen molar-refractivity contribution in [3.8, 4) is 0 Å². The van der Waals surface area contributed by atoms with Crippen molar-refractivity contribution in [3.05, 3.63) is 28.8 Å². The third-order valence-electron chi connectivity index (χ3n) is 3.59. The van der Waals surface area contributed by atoms with E-state index in [9.17, 15) is 0 Å². The SMILES string of the molecule is Cc1ccc(N(C)CC2CCNCC2)cc1Cl. The summed E-state index contributed by atoms with van der Waals surface area (Å²) in [5, 5.41) is 4.27. The lowest BCUT2D eigenvalue weighted by molar-refractivity contribution is 0.378. The molecule has 1 heterocycles. The van der Waals surface area contributed by atoms with Crippen LogP contribution in [0.2, 0.25) is 5.02 Å². The first-order valence-corrected chi connectivity index (χ1v) is 6.72. The second kappa shape index (κ2) is 5.74. The van der Waals surface area contributed by atoms with E-state index in [1.807, 2.05) is 6.92 Å². The Balaban J connectivity index is 1.98. The van der Waals surface area contributed by atoms with Crippen LogP contribution in [0.25, 0.3) is 0 Å². The molecule has 94 valence electrons. The predicted molar refractivity (Wildman–Crippen MR) is 75.1 cm³/mol. The van der Waals surface area contributed by atoms with Crippen LogP contribution in [0.1, 0.15) is 18.4 Å². The van der Waals surface area contributed by atoms with Crippen LogP contribution >= 0.6 is 11.6 Å². The molecular formula is C14H21ClN2. The van der Waals surface area contributed by atoms with E-state index in [1.165, 1.54) is 18.5 Å². The molecule has 1 N–H and O–H groups in total. The van der Waals surface area contributed by atoms with Crippen molar-refractivity contribution < 1.29 is 0 Å². The van der Waals surface area contributed by atoms with E-state index < -0.39 is 0 Å². The Hall–Kier alpha value is -0.730. The molecule has 17 heavy (non-hydrogen) atoms. The van der Waals surface area contributed by atoms with Gasteiger partial charge in [-0.05, 0) is 56.5 Å². The number of nitrogens with one attached hydrogen (secondary N) is 1. The highest BCUT2D eigenvalue weighted by Gasteiger charge is 2.15. The van der Waals surface area contributed by atoms with E-state index in [0.717, 1.165) is 36.1 Å². The highest BCUT2D eigenvalue weighted by atomic mass is 35.5. The summed E-state index contributed by atoms with van der Waals surface area (Å²) >= 11 is 6.16. The zero-order chi connectivity index (χ0) is 12.3. The fourth-order valence-electron chi connectivity index (χ4n) is 2.38. The molecule has 0 aliphatic carbocycles. The Morgan fingerprint density at radius 2 is 2.06 bits per heavy atom. The fourth-order valence-corrected chi connectivity index (χ4v) is 2.55. The molecule has 1 aromatic carbocycles. The van der Waals surface area contributed by atoms with Crippen LogP contribution in [-0.2, 0) is 0 Å². The molecule has 3 heteroatoms. The van der Waals surface area contributed by atoms with Gasteiger partial charge in [0.1, 0.15) is 0 Å². The summed E-state index contributed by atoms with van der Waals surface area (Å²) in [4.78, 5) is 2.32. The van der Waals surface area contributed by atoms with Crippen LogP contribution in [0.15, 0.2) is 18.2 Å². The Kier molecular flexibility index (Phi) is 4.30. The number of aryl methyl sites for hydroxylation is 1. The minimum Gasteiger partial charge on any atom is -0.374 e. The van der Waals surface area contributed by atoms with Gasteiger partial charge >= 0.3 is 0 Å². The number of piperidine rings is 1. The molecule has 2 rings (SSSR count). The molecule has 1 saturated heterocycles. The molecule has 1 fully saturated rings. The van der Waals surface area contributed by atoms with Gasteiger partial charge in [-0.3, -0.25) is 0 Å². The number of anilines is 1. The summed E-state index contributed by atoms with van der Waals surface area (Å²) < 4.78 is 0. The van der Waals surface area contributed by atoms with Crippen LogP contribution < -0.4 is 10.2 Å². The summed E-state index contributed by atoms with van der Waals surface area (Å²) in [7, 11) is 2.16. The monoisotopic (exact) mass is 252 g/mol. The largest absolute Gasteiger partial charge is 0.374 e. The summed E-state index contributed by atoms with van der Waals surface area (Å²) in [5.74, 6) is 0.807. The molecule has 0 atom stereocenters. The first kappa shape index (κ1) is 12.7. The van der Waals surface area contributed by atoms with Crippen molar-refractivity contribution in [2.24, 2.45) is 5.92 Å². The van der Waals surface area contributed by atoms with E-state index >= 15 is 0 Å². The second-order valence-corrected chi connectivity index (χ2v) is 5.41. The maximum atomic E-state index is 6.16. The summed E-state index contributed by atoms with van der Waals surface area (Å²) in [6, 6.07) is 6.32. The Morgan fingerprint density at radius 3 is 2.71 bits per heavy atom. The van der Waals surface area contributed by atoms with Crippen molar-refractivity contribution in [2.45, 2.75) is 19.8 Å². The van der Waals surface area contributed by atoms with Crippen LogP contribution in [0.4, 0.5) is 5.69 Å². The number of hydrogen-bond donors (Lipinski definition) is 1.